The summed E-state index contributed by atoms with van der Waals surface area (Å²) in [6.45, 7) is 5.07. The van der Waals surface area contributed by atoms with E-state index < -0.39 is 36.4 Å². The van der Waals surface area contributed by atoms with Crippen molar-refractivity contribution in [3.63, 3.8) is 0 Å². The zero-order valence-corrected chi connectivity index (χ0v) is 16.8. The van der Waals surface area contributed by atoms with Crippen molar-refractivity contribution in [2.75, 3.05) is 40.0 Å². The van der Waals surface area contributed by atoms with Gasteiger partial charge in [0.25, 0.3) is 0 Å². The van der Waals surface area contributed by atoms with Crippen LogP contribution in [0.1, 0.15) is 24.8 Å². The first-order valence-electron chi connectivity index (χ1n) is 9.43. The molecular weight excluding hydrogens is 398 g/mol. The molecule has 1 aromatic rings. The summed E-state index contributed by atoms with van der Waals surface area (Å²) >= 11 is 0. The lowest BCUT2D eigenvalue weighted by molar-refractivity contribution is -0.339. The number of benzene rings is 1. The normalized spacial score (nSPS) is 14.3. The topological polar surface area (TPSA) is 162 Å². The van der Waals surface area contributed by atoms with Crippen molar-refractivity contribution in [2.45, 2.75) is 31.3 Å². The summed E-state index contributed by atoms with van der Waals surface area (Å²) in [5.74, 6) is -4.98. The molecule has 1 N–H and O–H groups in total. The first-order valence-corrected chi connectivity index (χ1v) is 9.43. The van der Waals surface area contributed by atoms with E-state index in [0.717, 1.165) is 45.0 Å². The molecule has 1 aromatic carbocycles. The second kappa shape index (κ2) is 12.8. The Balaban J connectivity index is 0.000000314. The molecule has 10 heteroatoms. The minimum atomic E-state index is -2.97. The van der Waals surface area contributed by atoms with E-state index in [2.05, 4.69) is 17.0 Å². The maximum atomic E-state index is 10.1. The number of carbonyl (C=O) groups is 3. The van der Waals surface area contributed by atoms with Crippen LogP contribution < -0.4 is 20.1 Å². The molecule has 1 heterocycles. The Kier molecular flexibility index (Phi) is 10.8. The predicted octanol–water partition coefficient (Wildman–Crippen LogP) is -3.29. The number of carboxylic acids is 3. The molecule has 0 unspecified atom stereocenters. The average Bonchev–Trinajstić information content (AvgIpc) is 2.68. The van der Waals surface area contributed by atoms with Crippen LogP contribution in [0.25, 0.3) is 0 Å². The van der Waals surface area contributed by atoms with Gasteiger partial charge in [0.15, 0.2) is 0 Å². The standard InChI is InChI=1S/C14H21NO2.C6H8O7/c1-16-14-7-3-2-5-13(14)6-4-8-15-9-11-17-12-10-15;7-3(8)1-6(13,5(11)12)2-4(9)10/h2-3,5,7H,4,6,8-12H2,1H3;13H,1-2H2,(H,7,8)(H,9,10)(H,11,12)/p-3. The van der Waals surface area contributed by atoms with Gasteiger partial charge in [-0.05, 0) is 31.0 Å². The molecule has 0 aliphatic carbocycles. The molecule has 2 rings (SSSR count). The fourth-order valence-corrected chi connectivity index (χ4v) is 2.91. The molecule has 1 aliphatic rings. The number of aryl methyl sites for hydroxylation is 1. The molecule has 0 atom stereocenters. The Morgan fingerprint density at radius 1 is 1.10 bits per heavy atom. The molecule has 1 aliphatic heterocycles. The SMILES string of the molecule is COc1ccccc1CCCN1CCOCC1.O=C([O-])CC(O)(CC(=O)[O-])C(=O)[O-]. The van der Waals surface area contributed by atoms with Gasteiger partial charge in [-0.25, -0.2) is 0 Å². The third-order valence-corrected chi connectivity index (χ3v) is 4.47. The molecule has 0 amide bonds. The van der Waals surface area contributed by atoms with Gasteiger partial charge in [0.1, 0.15) is 11.4 Å². The summed E-state index contributed by atoms with van der Waals surface area (Å²) < 4.78 is 10.7. The lowest BCUT2D eigenvalue weighted by atomic mass is 9.96. The van der Waals surface area contributed by atoms with Crippen LogP contribution in [0.5, 0.6) is 5.75 Å². The molecular formula is C20H26NO9-3. The number of ether oxygens (including phenoxy) is 2. The largest absolute Gasteiger partial charge is 0.550 e. The lowest BCUT2D eigenvalue weighted by Gasteiger charge is -2.29. The fourth-order valence-electron chi connectivity index (χ4n) is 2.91. The van der Waals surface area contributed by atoms with Crippen LogP contribution in [-0.4, -0.2) is 73.5 Å². The van der Waals surface area contributed by atoms with Crippen molar-refractivity contribution < 1.29 is 44.3 Å². The highest BCUT2D eigenvalue weighted by atomic mass is 16.5. The number of hydrogen-bond acceptors (Lipinski definition) is 10. The van der Waals surface area contributed by atoms with E-state index in [-0.39, 0.29) is 0 Å². The van der Waals surface area contributed by atoms with Crippen LogP contribution in [0.15, 0.2) is 24.3 Å². The average molecular weight is 424 g/mol. The summed E-state index contributed by atoms with van der Waals surface area (Å²) in [6.07, 6.45) is -0.450. The molecule has 0 saturated carbocycles. The second-order valence-corrected chi connectivity index (χ2v) is 6.79. The van der Waals surface area contributed by atoms with Crippen molar-refractivity contribution in [2.24, 2.45) is 0 Å². The second-order valence-electron chi connectivity index (χ2n) is 6.79. The predicted molar refractivity (Wildman–Crippen MR) is 97.8 cm³/mol. The van der Waals surface area contributed by atoms with Crippen molar-refractivity contribution in [1.82, 2.24) is 4.90 Å². The maximum absolute atomic E-state index is 10.1. The molecule has 0 aromatic heterocycles. The molecule has 1 fully saturated rings. The van der Waals surface area contributed by atoms with Crippen molar-refractivity contribution in [3.8, 4) is 5.75 Å². The van der Waals surface area contributed by atoms with Crippen LogP contribution in [-0.2, 0) is 25.5 Å². The quantitative estimate of drug-likeness (QED) is 0.403. The van der Waals surface area contributed by atoms with E-state index in [1.165, 1.54) is 12.0 Å². The molecule has 30 heavy (non-hydrogen) atoms. The number of hydrogen-bond donors (Lipinski definition) is 1. The number of carboxylic acid groups (broad SMARTS) is 3. The summed E-state index contributed by atoms with van der Waals surface area (Å²) in [7, 11) is 1.74. The van der Waals surface area contributed by atoms with E-state index in [4.69, 9.17) is 14.6 Å². The highest BCUT2D eigenvalue weighted by molar-refractivity contribution is 5.86. The number of para-hydroxylation sites is 1. The van der Waals surface area contributed by atoms with E-state index in [1.54, 1.807) is 7.11 Å². The van der Waals surface area contributed by atoms with Crippen LogP contribution >= 0.6 is 0 Å². The van der Waals surface area contributed by atoms with Gasteiger partial charge in [-0.15, -0.1) is 0 Å². The van der Waals surface area contributed by atoms with E-state index in [0.29, 0.717) is 0 Å². The fraction of sp³-hybridized carbons (Fsp3) is 0.550. The summed E-state index contributed by atoms with van der Waals surface area (Å²) in [6, 6.07) is 8.28. The van der Waals surface area contributed by atoms with Gasteiger partial charge in [0.2, 0.25) is 0 Å². The number of rotatable bonds is 10. The zero-order valence-electron chi connectivity index (χ0n) is 16.8. The van der Waals surface area contributed by atoms with Crippen molar-refractivity contribution >= 4 is 17.9 Å². The van der Waals surface area contributed by atoms with Gasteiger partial charge >= 0.3 is 0 Å². The van der Waals surface area contributed by atoms with Crippen molar-refractivity contribution in [3.05, 3.63) is 29.8 Å². The van der Waals surface area contributed by atoms with Gasteiger partial charge in [0, 0.05) is 37.9 Å². The molecule has 0 radical (unpaired) electrons. The number of aliphatic carboxylic acids is 3. The number of carbonyl (C=O) groups excluding carboxylic acids is 3. The molecule has 1 saturated heterocycles. The molecule has 168 valence electrons. The summed E-state index contributed by atoms with van der Waals surface area (Å²) in [4.78, 5) is 32.5. The van der Waals surface area contributed by atoms with E-state index >= 15 is 0 Å². The van der Waals surface area contributed by atoms with Gasteiger partial charge in [-0.3, -0.25) is 4.90 Å². The number of morpholine rings is 1. The van der Waals surface area contributed by atoms with Crippen LogP contribution in [0.4, 0.5) is 0 Å². The minimum absolute atomic E-state index is 0.884. The Morgan fingerprint density at radius 2 is 1.67 bits per heavy atom. The summed E-state index contributed by atoms with van der Waals surface area (Å²) in [5.41, 5.74) is -1.67. The smallest absolute Gasteiger partial charge is 0.122 e. The Hall–Kier alpha value is -2.69. The van der Waals surface area contributed by atoms with Gasteiger partial charge in [0.05, 0.1) is 26.3 Å². The van der Waals surface area contributed by atoms with Crippen LogP contribution in [0.2, 0.25) is 0 Å². The number of methoxy groups -OCH3 is 1. The first-order chi connectivity index (χ1) is 14.2. The van der Waals surface area contributed by atoms with E-state index in [1.807, 2.05) is 12.1 Å². The zero-order chi connectivity index (χ0) is 22.6. The highest BCUT2D eigenvalue weighted by Crippen LogP contribution is 2.19. The monoisotopic (exact) mass is 424 g/mol. The van der Waals surface area contributed by atoms with Crippen LogP contribution in [0.3, 0.4) is 0 Å². The third-order valence-electron chi connectivity index (χ3n) is 4.47. The summed E-state index contributed by atoms with van der Waals surface area (Å²) in [5, 5.41) is 38.9. The van der Waals surface area contributed by atoms with Gasteiger partial charge in [-0.1, -0.05) is 18.2 Å². The molecule has 0 spiro atoms. The number of nitrogens with zero attached hydrogens (tertiary/aromatic N) is 1. The van der Waals surface area contributed by atoms with Crippen LogP contribution in [0, 0.1) is 0 Å². The Morgan fingerprint density at radius 3 is 2.17 bits per heavy atom. The van der Waals surface area contributed by atoms with Gasteiger partial charge < -0.3 is 44.3 Å². The third kappa shape index (κ3) is 9.21. The number of aliphatic hydroxyl groups is 1. The first kappa shape index (κ1) is 25.3. The van der Waals surface area contributed by atoms with Crippen molar-refractivity contribution in [1.29, 1.82) is 0 Å². The Labute approximate surface area is 174 Å². The van der Waals surface area contributed by atoms with E-state index in [9.17, 15) is 29.7 Å². The molecule has 10 nitrogen and oxygen atoms in total. The lowest BCUT2D eigenvalue weighted by Crippen LogP contribution is -2.54. The minimum Gasteiger partial charge on any atom is -0.550 e. The van der Waals surface area contributed by atoms with Gasteiger partial charge in [-0.2, -0.15) is 0 Å². The highest BCUT2D eigenvalue weighted by Gasteiger charge is 2.29. The Bertz CT molecular complexity index is 685. The molecule has 0 bridgehead atoms. The maximum Gasteiger partial charge on any atom is 0.122 e.